The van der Waals surface area contributed by atoms with E-state index in [0.29, 0.717) is 22.6 Å². The zero-order chi connectivity index (χ0) is 21.1. The van der Waals surface area contributed by atoms with Crippen LogP contribution in [0.2, 0.25) is 0 Å². The molecule has 1 aliphatic heterocycles. The zero-order valence-electron chi connectivity index (χ0n) is 15.7. The number of rotatable bonds is 7. The van der Waals surface area contributed by atoms with Crippen molar-refractivity contribution in [1.82, 2.24) is 14.5 Å². The monoisotopic (exact) mass is 492 g/mol. The number of hydrogen-bond donors (Lipinski definition) is 0. The van der Waals surface area contributed by atoms with E-state index in [1.54, 1.807) is 12.1 Å². The molecular weight excluding hydrogens is 476 g/mol. The molecule has 0 radical (unpaired) electrons. The number of nitriles is 1. The summed E-state index contributed by atoms with van der Waals surface area (Å²) in [4.78, 5) is 0.0780. The Morgan fingerprint density at radius 3 is 2.60 bits per heavy atom. The number of benzene rings is 1. The first-order valence-corrected chi connectivity index (χ1v) is 11.4. The van der Waals surface area contributed by atoms with Gasteiger partial charge < -0.3 is 13.6 Å². The first-order valence-electron chi connectivity index (χ1n) is 9.16. The van der Waals surface area contributed by atoms with E-state index < -0.39 is 10.0 Å². The van der Waals surface area contributed by atoms with E-state index in [0.717, 1.165) is 12.8 Å². The predicted octanol–water partition coefficient (Wildman–Crippen LogP) is 3.33. The van der Waals surface area contributed by atoms with Crippen LogP contribution in [-0.2, 0) is 21.3 Å². The smallest absolute Gasteiger partial charge is 0.283 e. The minimum absolute atomic E-state index is 0.0780. The van der Waals surface area contributed by atoms with Gasteiger partial charge in [-0.25, -0.2) is 8.42 Å². The Labute approximate surface area is 181 Å². The normalized spacial score (nSPS) is 16.8. The number of sulfonamides is 1. The SMILES string of the molecule is N#Cc1ccc(S(=O)(=O)N(Cc2nnc(-c3ccc(Br)o3)o2)CC2CCCO2)cc1. The number of ether oxygens (including phenoxy) is 1. The van der Waals surface area contributed by atoms with Crippen LogP contribution in [0.3, 0.4) is 0 Å². The first kappa shape index (κ1) is 20.7. The van der Waals surface area contributed by atoms with Gasteiger partial charge in [0.15, 0.2) is 10.4 Å². The molecule has 1 unspecified atom stereocenters. The fourth-order valence-corrected chi connectivity index (χ4v) is 4.84. The number of halogens is 1. The van der Waals surface area contributed by atoms with Gasteiger partial charge in [0.2, 0.25) is 15.9 Å². The summed E-state index contributed by atoms with van der Waals surface area (Å²) in [5, 5.41) is 16.9. The molecule has 1 fully saturated rings. The molecule has 1 saturated heterocycles. The summed E-state index contributed by atoms with van der Waals surface area (Å²) in [5.41, 5.74) is 0.380. The summed E-state index contributed by atoms with van der Waals surface area (Å²) < 4.78 is 45.0. The van der Waals surface area contributed by atoms with Gasteiger partial charge in [0.05, 0.1) is 29.2 Å². The second kappa shape index (κ2) is 8.69. The fourth-order valence-electron chi connectivity index (χ4n) is 3.11. The van der Waals surface area contributed by atoms with Crippen LogP contribution in [0.25, 0.3) is 11.7 Å². The second-order valence-corrected chi connectivity index (χ2v) is 9.39. The molecule has 0 saturated carbocycles. The maximum Gasteiger partial charge on any atom is 0.283 e. The average molecular weight is 493 g/mol. The van der Waals surface area contributed by atoms with Crippen LogP contribution in [0.5, 0.6) is 0 Å². The molecule has 0 N–H and O–H groups in total. The van der Waals surface area contributed by atoms with Crippen molar-refractivity contribution in [3.8, 4) is 17.7 Å². The first-order chi connectivity index (χ1) is 14.5. The number of nitrogens with zero attached hydrogens (tertiary/aromatic N) is 4. The molecule has 9 nitrogen and oxygen atoms in total. The molecule has 11 heteroatoms. The summed E-state index contributed by atoms with van der Waals surface area (Å²) in [6.07, 6.45) is 1.45. The largest absolute Gasteiger partial charge is 0.444 e. The highest BCUT2D eigenvalue weighted by Gasteiger charge is 2.31. The van der Waals surface area contributed by atoms with Crippen molar-refractivity contribution in [2.24, 2.45) is 0 Å². The maximum absolute atomic E-state index is 13.3. The van der Waals surface area contributed by atoms with E-state index in [-0.39, 0.29) is 35.9 Å². The lowest BCUT2D eigenvalue weighted by molar-refractivity contribution is 0.0911. The highest BCUT2D eigenvalue weighted by molar-refractivity contribution is 9.10. The molecule has 0 spiro atoms. The molecular formula is C19H17BrN4O5S. The third kappa shape index (κ3) is 4.46. The van der Waals surface area contributed by atoms with Gasteiger partial charge in [-0.1, -0.05) is 0 Å². The van der Waals surface area contributed by atoms with Crippen LogP contribution in [-0.4, -0.2) is 42.2 Å². The molecule has 1 aliphatic rings. The van der Waals surface area contributed by atoms with Gasteiger partial charge in [0.1, 0.15) is 0 Å². The summed E-state index contributed by atoms with van der Waals surface area (Å²) in [5.74, 6) is 0.664. The second-order valence-electron chi connectivity index (χ2n) is 6.67. The number of hydrogen-bond acceptors (Lipinski definition) is 8. The molecule has 3 aromatic rings. The van der Waals surface area contributed by atoms with Gasteiger partial charge in [0, 0.05) is 13.2 Å². The molecule has 4 rings (SSSR count). The van der Waals surface area contributed by atoms with Gasteiger partial charge in [-0.15, -0.1) is 10.2 Å². The number of furan rings is 1. The molecule has 1 atom stereocenters. The van der Waals surface area contributed by atoms with Crippen LogP contribution in [0.4, 0.5) is 0 Å². The Kier molecular flexibility index (Phi) is 6.01. The Morgan fingerprint density at radius 1 is 1.17 bits per heavy atom. The van der Waals surface area contributed by atoms with Crippen LogP contribution in [0.1, 0.15) is 24.3 Å². The molecule has 3 heterocycles. The third-order valence-corrected chi connectivity index (χ3v) is 6.87. The van der Waals surface area contributed by atoms with Crippen molar-refractivity contribution < 1.29 is 22.0 Å². The Balaban J connectivity index is 1.61. The van der Waals surface area contributed by atoms with Gasteiger partial charge in [0.25, 0.3) is 5.89 Å². The minimum atomic E-state index is -3.88. The number of aromatic nitrogens is 2. The molecule has 0 aliphatic carbocycles. The van der Waals surface area contributed by atoms with Crippen LogP contribution in [0, 0.1) is 11.3 Å². The highest BCUT2D eigenvalue weighted by Crippen LogP contribution is 2.26. The van der Waals surface area contributed by atoms with Crippen molar-refractivity contribution in [3.63, 3.8) is 0 Å². The van der Waals surface area contributed by atoms with E-state index in [4.69, 9.17) is 18.8 Å². The third-order valence-electron chi connectivity index (χ3n) is 4.61. The molecule has 2 aromatic heterocycles. The summed E-state index contributed by atoms with van der Waals surface area (Å²) >= 11 is 3.21. The van der Waals surface area contributed by atoms with E-state index in [9.17, 15) is 8.42 Å². The van der Waals surface area contributed by atoms with E-state index >= 15 is 0 Å². The fraction of sp³-hybridized carbons (Fsp3) is 0.316. The van der Waals surface area contributed by atoms with Gasteiger partial charge in [-0.3, -0.25) is 0 Å². The van der Waals surface area contributed by atoms with Gasteiger partial charge in [-0.05, 0) is 65.2 Å². The van der Waals surface area contributed by atoms with Gasteiger partial charge >= 0.3 is 0 Å². The van der Waals surface area contributed by atoms with Crippen LogP contribution >= 0.6 is 15.9 Å². The van der Waals surface area contributed by atoms with E-state index in [2.05, 4.69) is 26.1 Å². The lowest BCUT2D eigenvalue weighted by atomic mass is 10.2. The van der Waals surface area contributed by atoms with Crippen molar-refractivity contribution in [2.75, 3.05) is 13.2 Å². The van der Waals surface area contributed by atoms with E-state index in [1.807, 2.05) is 6.07 Å². The van der Waals surface area contributed by atoms with Gasteiger partial charge in [-0.2, -0.15) is 9.57 Å². The Bertz CT molecular complexity index is 1160. The van der Waals surface area contributed by atoms with E-state index in [1.165, 1.54) is 28.6 Å². The lowest BCUT2D eigenvalue weighted by Crippen LogP contribution is -2.37. The lowest BCUT2D eigenvalue weighted by Gasteiger charge is -2.23. The Morgan fingerprint density at radius 2 is 1.97 bits per heavy atom. The standard InChI is InChI=1S/C19H17BrN4O5S/c20-17-8-7-16(28-17)19-23-22-18(29-19)12-24(11-14-2-1-9-27-14)30(25,26)15-5-3-13(10-21)4-6-15/h3-8,14H,1-2,9,11-12H2. The summed E-state index contributed by atoms with van der Waals surface area (Å²) in [6, 6.07) is 11.1. The van der Waals surface area contributed by atoms with Crippen LogP contribution in [0.15, 0.2) is 54.8 Å². The van der Waals surface area contributed by atoms with Crippen molar-refractivity contribution in [1.29, 1.82) is 5.26 Å². The topological polar surface area (TPSA) is 122 Å². The molecule has 0 bridgehead atoms. The molecule has 156 valence electrons. The maximum atomic E-state index is 13.3. The molecule has 0 amide bonds. The predicted molar refractivity (Wildman–Crippen MR) is 107 cm³/mol. The summed E-state index contributed by atoms with van der Waals surface area (Å²) in [7, 11) is -3.88. The molecule has 1 aromatic carbocycles. The minimum Gasteiger partial charge on any atom is -0.444 e. The van der Waals surface area contributed by atoms with Crippen molar-refractivity contribution >= 4 is 26.0 Å². The Hall–Kier alpha value is -2.52. The summed E-state index contributed by atoms with van der Waals surface area (Å²) in [6.45, 7) is 0.650. The average Bonchev–Trinajstić information content (AvgIpc) is 3.50. The zero-order valence-corrected chi connectivity index (χ0v) is 18.1. The van der Waals surface area contributed by atoms with Crippen LogP contribution < -0.4 is 0 Å². The quantitative estimate of drug-likeness (QED) is 0.491. The molecule has 30 heavy (non-hydrogen) atoms. The highest BCUT2D eigenvalue weighted by atomic mass is 79.9. The van der Waals surface area contributed by atoms with Crippen molar-refractivity contribution in [2.45, 2.75) is 30.4 Å². The van der Waals surface area contributed by atoms with Crippen molar-refractivity contribution in [3.05, 3.63) is 52.5 Å².